The molecule has 0 radical (unpaired) electrons. The van der Waals surface area contributed by atoms with E-state index in [1.807, 2.05) is 25.1 Å². The number of anilines is 1. The number of nitrogen functional groups attached to an aromatic ring is 1. The van der Waals surface area contributed by atoms with Gasteiger partial charge in [-0.3, -0.25) is 0 Å². The Bertz CT molecular complexity index is 1310. The summed E-state index contributed by atoms with van der Waals surface area (Å²) in [4.78, 5) is 9.62. The van der Waals surface area contributed by atoms with Crippen LogP contribution in [0.25, 0.3) is 21.9 Å². The van der Waals surface area contributed by atoms with Crippen molar-refractivity contribution in [1.82, 2.24) is 14.5 Å². The van der Waals surface area contributed by atoms with Gasteiger partial charge in [0.25, 0.3) is 0 Å². The number of benzene rings is 2. The third-order valence-corrected chi connectivity index (χ3v) is 6.38. The number of pyridine rings is 1. The Morgan fingerprint density at radius 3 is 2.54 bits per heavy atom. The van der Waals surface area contributed by atoms with Crippen LogP contribution < -0.4 is 57.1 Å². The van der Waals surface area contributed by atoms with Crippen molar-refractivity contribution < 1.29 is 61.2 Å². The molecule has 0 bridgehead atoms. The number of rotatable bonds is 8. The Morgan fingerprint density at radius 1 is 1.14 bits per heavy atom. The van der Waals surface area contributed by atoms with Gasteiger partial charge in [-0.1, -0.05) is 45.4 Å². The van der Waals surface area contributed by atoms with Crippen LogP contribution in [0, 0.1) is 21.5 Å². The molecule has 0 aliphatic heterocycles. The third-order valence-electron chi connectivity index (χ3n) is 6.38. The first-order chi connectivity index (χ1) is 15.7. The second kappa shape index (κ2) is 12.2. The van der Waals surface area contributed by atoms with E-state index in [1.54, 1.807) is 6.07 Å². The van der Waals surface area contributed by atoms with Gasteiger partial charge < -0.3 is 27.6 Å². The summed E-state index contributed by atoms with van der Waals surface area (Å²) in [6.45, 7) is 9.54. The predicted octanol–water partition coefficient (Wildman–Crippen LogP) is 3.11. The molecule has 4 rings (SSSR count). The molecular formula is C28H36KN4O2-. The normalized spacial score (nSPS) is 11.5. The largest absolute Gasteiger partial charge is 1.00 e. The summed E-state index contributed by atoms with van der Waals surface area (Å²) < 4.78 is 7.50. The molecule has 2 aromatic carbocycles. The Balaban J connectivity index is 0.00000216. The predicted molar refractivity (Wildman–Crippen MR) is 141 cm³/mol. The van der Waals surface area contributed by atoms with E-state index >= 15 is 0 Å². The molecule has 0 spiro atoms. The van der Waals surface area contributed by atoms with E-state index < -0.39 is 0 Å². The fourth-order valence-corrected chi connectivity index (χ4v) is 4.41. The number of nitrogens with two attached hydrogens (primary N) is 1. The number of nitrogens with zero attached hydrogens (tertiary/aromatic N) is 3. The molecular weight excluding hydrogens is 463 g/mol. The van der Waals surface area contributed by atoms with Crippen molar-refractivity contribution in [2.24, 2.45) is 0 Å². The van der Waals surface area contributed by atoms with Crippen LogP contribution in [0.3, 0.4) is 0 Å². The zero-order valence-electron chi connectivity index (χ0n) is 22.0. The van der Waals surface area contributed by atoms with Crippen LogP contribution in [0.2, 0.25) is 0 Å². The topological polar surface area (TPSA) is 86.2 Å². The zero-order valence-corrected chi connectivity index (χ0v) is 25.1. The molecule has 7 heteroatoms. The summed E-state index contributed by atoms with van der Waals surface area (Å²) >= 11 is 0. The van der Waals surface area contributed by atoms with Crippen molar-refractivity contribution >= 4 is 27.8 Å². The molecule has 6 nitrogen and oxygen atoms in total. The minimum Gasteiger partial charge on any atom is -0.554 e. The number of phenolic OH excluding ortho intramolecular Hbond substituents is 1. The van der Waals surface area contributed by atoms with Gasteiger partial charge in [0, 0.05) is 30.4 Å². The van der Waals surface area contributed by atoms with Crippen LogP contribution in [0.5, 0.6) is 5.75 Å². The maximum atomic E-state index is 9.98. The van der Waals surface area contributed by atoms with Gasteiger partial charge in [0.2, 0.25) is 0 Å². The molecule has 0 fully saturated rings. The quantitative estimate of drug-likeness (QED) is 0.287. The number of unbranched alkanes of at least 4 members (excludes halogenated alkanes) is 1. The number of ether oxygens (including phenoxy) is 1. The number of aromatic nitrogens is 3. The SMILES string of the molecule is [CH2-]OCC(C)(C)c1ccc2nc(N)c3nc(CCCC)n(Cc4ccc(O)c(C)c4)c3c2c1.[CH3-].[K+]. The van der Waals surface area contributed by atoms with Crippen LogP contribution in [0.4, 0.5) is 5.82 Å². The zero-order chi connectivity index (χ0) is 23.8. The summed E-state index contributed by atoms with van der Waals surface area (Å²) in [6.07, 6.45) is 2.99. The van der Waals surface area contributed by atoms with Crippen molar-refractivity contribution in [3.8, 4) is 5.75 Å². The number of imidazole rings is 1. The van der Waals surface area contributed by atoms with Gasteiger partial charge in [-0.05, 0) is 48.2 Å². The van der Waals surface area contributed by atoms with E-state index in [-0.39, 0.29) is 64.2 Å². The number of hydrogen-bond donors (Lipinski definition) is 2. The van der Waals surface area contributed by atoms with Crippen LogP contribution in [0.15, 0.2) is 36.4 Å². The van der Waals surface area contributed by atoms with E-state index in [2.05, 4.69) is 49.6 Å². The van der Waals surface area contributed by atoms with Gasteiger partial charge >= 0.3 is 51.4 Å². The average Bonchev–Trinajstić information content (AvgIpc) is 3.13. The van der Waals surface area contributed by atoms with Gasteiger partial charge in [0.05, 0.1) is 11.0 Å². The van der Waals surface area contributed by atoms with Crippen molar-refractivity contribution in [2.75, 3.05) is 12.3 Å². The third kappa shape index (κ3) is 6.09. The van der Waals surface area contributed by atoms with E-state index in [0.29, 0.717) is 24.7 Å². The first-order valence-corrected chi connectivity index (χ1v) is 11.5. The molecule has 3 N–H and O–H groups in total. The summed E-state index contributed by atoms with van der Waals surface area (Å²) in [5.74, 6) is 1.76. The van der Waals surface area contributed by atoms with Crippen molar-refractivity contribution in [3.63, 3.8) is 0 Å². The van der Waals surface area contributed by atoms with E-state index in [9.17, 15) is 5.11 Å². The first kappa shape index (κ1) is 29.7. The smallest absolute Gasteiger partial charge is 0.554 e. The van der Waals surface area contributed by atoms with Crippen LogP contribution in [-0.2, 0) is 23.1 Å². The molecule has 0 amide bonds. The van der Waals surface area contributed by atoms with Crippen molar-refractivity contribution in [1.29, 1.82) is 0 Å². The maximum Gasteiger partial charge on any atom is 1.00 e. The molecule has 2 heterocycles. The molecule has 0 atom stereocenters. The Hall–Kier alpha value is -1.48. The standard InChI is InChI=1S/C27H33N4O2.CH3.K/c1-6-7-8-23-30-24-25(31(23)15-18-9-12-22(32)17(2)13-18)20-14-19(27(3,4)16-33-5)10-11-21(20)29-26(24)28;;/h9-14,32H,5-8,15-16H2,1-4H3,(H2,28,29);1H3;/q2*-1;+1. The minimum absolute atomic E-state index is 0. The summed E-state index contributed by atoms with van der Waals surface area (Å²) in [7, 11) is 3.57. The molecule has 182 valence electrons. The fraction of sp³-hybridized carbons (Fsp3) is 0.357. The molecule has 2 aromatic heterocycles. The van der Waals surface area contributed by atoms with Gasteiger partial charge in [-0.25, -0.2) is 17.1 Å². The molecule has 35 heavy (non-hydrogen) atoms. The number of fused-ring (bicyclic) bond motifs is 3. The Morgan fingerprint density at radius 2 is 1.89 bits per heavy atom. The van der Waals surface area contributed by atoms with Crippen LogP contribution in [0.1, 0.15) is 56.1 Å². The van der Waals surface area contributed by atoms with Gasteiger partial charge in [-0.2, -0.15) is 0 Å². The molecule has 4 aromatic rings. The number of phenols is 1. The van der Waals surface area contributed by atoms with E-state index in [0.717, 1.165) is 63.7 Å². The minimum atomic E-state index is -0.201. The van der Waals surface area contributed by atoms with Crippen molar-refractivity contribution in [3.05, 3.63) is 73.4 Å². The van der Waals surface area contributed by atoms with Crippen LogP contribution >= 0.6 is 0 Å². The van der Waals surface area contributed by atoms with Crippen LogP contribution in [-0.4, -0.2) is 26.2 Å². The first-order valence-electron chi connectivity index (χ1n) is 11.5. The summed E-state index contributed by atoms with van der Waals surface area (Å²) in [5.41, 5.74) is 11.9. The fourth-order valence-electron chi connectivity index (χ4n) is 4.41. The number of hydrogen-bond acceptors (Lipinski definition) is 5. The number of aryl methyl sites for hydroxylation is 2. The second-order valence-electron chi connectivity index (χ2n) is 9.50. The Kier molecular flexibility index (Phi) is 10.3. The average molecular weight is 500 g/mol. The summed E-state index contributed by atoms with van der Waals surface area (Å²) in [6, 6.07) is 12.0. The molecule has 0 saturated heterocycles. The summed E-state index contributed by atoms with van der Waals surface area (Å²) in [5, 5.41) is 11.0. The van der Waals surface area contributed by atoms with E-state index in [4.69, 9.17) is 15.5 Å². The Labute approximate surface area is 251 Å². The monoisotopic (exact) mass is 499 g/mol. The van der Waals surface area contributed by atoms with E-state index in [1.165, 1.54) is 0 Å². The molecule has 0 aliphatic rings. The number of aromatic hydroxyl groups is 1. The van der Waals surface area contributed by atoms with Crippen molar-refractivity contribution in [2.45, 2.75) is 58.9 Å². The molecule has 0 unspecified atom stereocenters. The second-order valence-corrected chi connectivity index (χ2v) is 9.50. The van der Waals surface area contributed by atoms with Gasteiger partial charge in [-0.15, -0.1) is 0 Å². The van der Waals surface area contributed by atoms with Gasteiger partial charge in [0.15, 0.2) is 5.82 Å². The molecule has 0 aliphatic carbocycles. The maximum absolute atomic E-state index is 9.98. The van der Waals surface area contributed by atoms with Gasteiger partial charge in [0.1, 0.15) is 17.1 Å². The molecule has 0 saturated carbocycles.